The molecular weight excluding hydrogens is 331 g/mol. The molecule has 3 heterocycles. The predicted octanol–water partition coefficient (Wildman–Crippen LogP) is 3.57. The lowest BCUT2D eigenvalue weighted by Gasteiger charge is -2.05. The minimum absolute atomic E-state index is 0.350. The fourth-order valence-electron chi connectivity index (χ4n) is 1.82. The van der Waals surface area contributed by atoms with Crippen LogP contribution in [0.4, 0.5) is 0 Å². The largest absolute Gasteiger partial charge is 0.322 e. The van der Waals surface area contributed by atoms with Crippen molar-refractivity contribution in [3.05, 3.63) is 51.6 Å². The van der Waals surface area contributed by atoms with Gasteiger partial charge in [-0.15, -0.1) is 11.3 Å². The van der Waals surface area contributed by atoms with Crippen molar-refractivity contribution in [3.8, 4) is 10.7 Å². The Morgan fingerprint density at radius 2 is 2.00 bits per heavy atom. The minimum atomic E-state index is 0.350. The number of halogens is 2. The van der Waals surface area contributed by atoms with Crippen LogP contribution in [0.15, 0.2) is 30.7 Å². The van der Waals surface area contributed by atoms with Crippen LogP contribution in [0.5, 0.6) is 0 Å². The molecular formula is C13H8Cl2N4OS. The molecule has 0 aliphatic carbocycles. The van der Waals surface area contributed by atoms with Gasteiger partial charge in [0.05, 0.1) is 20.8 Å². The molecule has 0 aliphatic rings. The van der Waals surface area contributed by atoms with E-state index in [4.69, 9.17) is 23.2 Å². The maximum atomic E-state index is 11.0. The van der Waals surface area contributed by atoms with E-state index in [0.717, 1.165) is 4.88 Å². The maximum Gasteiger partial charge on any atom is 0.170 e. The molecule has 3 aromatic rings. The average Bonchev–Trinajstić information content (AvgIpc) is 3.07. The SMILES string of the molecule is O=Cc1cn(Cc2ncc(Cl)cn2)c(-c2ccc(Cl)s2)n1. The molecule has 0 atom stereocenters. The van der Waals surface area contributed by atoms with Gasteiger partial charge in [-0.1, -0.05) is 23.2 Å². The highest BCUT2D eigenvalue weighted by atomic mass is 35.5. The highest BCUT2D eigenvalue weighted by Gasteiger charge is 2.13. The molecule has 0 amide bonds. The molecule has 0 saturated carbocycles. The van der Waals surface area contributed by atoms with Gasteiger partial charge in [0, 0.05) is 18.6 Å². The van der Waals surface area contributed by atoms with Gasteiger partial charge in [-0.05, 0) is 12.1 Å². The quantitative estimate of drug-likeness (QED) is 0.682. The highest BCUT2D eigenvalue weighted by Crippen LogP contribution is 2.30. The minimum Gasteiger partial charge on any atom is -0.322 e. The zero-order valence-corrected chi connectivity index (χ0v) is 12.9. The van der Waals surface area contributed by atoms with Crippen LogP contribution in [-0.2, 0) is 6.54 Å². The standard InChI is InChI=1S/C13H8Cl2N4OS/c14-8-3-16-12(17-4-8)6-19-5-9(7-20)18-13(19)10-1-2-11(15)21-10/h1-5,7H,6H2. The number of hydrogen-bond donors (Lipinski definition) is 0. The van der Waals surface area contributed by atoms with E-state index in [-0.39, 0.29) is 0 Å². The fourth-order valence-corrected chi connectivity index (χ4v) is 2.96. The van der Waals surface area contributed by atoms with Crippen LogP contribution in [0.1, 0.15) is 16.3 Å². The molecule has 0 aromatic carbocycles. The number of thiophene rings is 1. The molecule has 5 nitrogen and oxygen atoms in total. The number of nitrogens with zero attached hydrogens (tertiary/aromatic N) is 4. The first-order valence-electron chi connectivity index (χ1n) is 5.90. The van der Waals surface area contributed by atoms with Crippen molar-refractivity contribution in [3.63, 3.8) is 0 Å². The Balaban J connectivity index is 1.99. The number of carbonyl (C=O) groups excluding carboxylic acids is 1. The normalized spacial score (nSPS) is 10.8. The van der Waals surface area contributed by atoms with Gasteiger partial charge < -0.3 is 4.57 Å². The van der Waals surface area contributed by atoms with Crippen LogP contribution in [0, 0.1) is 0 Å². The van der Waals surface area contributed by atoms with E-state index >= 15 is 0 Å². The smallest absolute Gasteiger partial charge is 0.170 e. The summed E-state index contributed by atoms with van der Waals surface area (Å²) in [5.74, 6) is 1.24. The number of hydrogen-bond acceptors (Lipinski definition) is 5. The third kappa shape index (κ3) is 3.12. The Kier molecular flexibility index (Phi) is 4.01. The summed E-state index contributed by atoms with van der Waals surface area (Å²) in [6.07, 6.45) is 5.43. The lowest BCUT2D eigenvalue weighted by atomic mass is 10.4. The molecule has 0 saturated heterocycles. The second-order valence-corrected chi connectivity index (χ2v) is 6.31. The molecule has 0 aliphatic heterocycles. The Morgan fingerprint density at radius 3 is 2.62 bits per heavy atom. The molecule has 0 fully saturated rings. The molecule has 3 aromatic heterocycles. The van der Waals surface area contributed by atoms with Crippen molar-refractivity contribution in [2.45, 2.75) is 6.54 Å². The van der Waals surface area contributed by atoms with Crippen molar-refractivity contribution in [2.75, 3.05) is 0 Å². The Bertz CT molecular complexity index is 782. The second-order valence-electron chi connectivity index (χ2n) is 4.16. The molecule has 8 heteroatoms. The van der Waals surface area contributed by atoms with Crippen molar-refractivity contribution >= 4 is 40.8 Å². The first-order chi connectivity index (χ1) is 10.2. The summed E-state index contributed by atoms with van der Waals surface area (Å²) in [6, 6.07) is 3.66. The van der Waals surface area contributed by atoms with Gasteiger partial charge in [-0.25, -0.2) is 15.0 Å². The van der Waals surface area contributed by atoms with E-state index in [1.807, 2.05) is 10.6 Å². The van der Waals surface area contributed by atoms with E-state index < -0.39 is 0 Å². The highest BCUT2D eigenvalue weighted by molar-refractivity contribution is 7.19. The van der Waals surface area contributed by atoms with Crippen LogP contribution < -0.4 is 0 Å². The summed E-state index contributed by atoms with van der Waals surface area (Å²) in [6.45, 7) is 0.392. The van der Waals surface area contributed by atoms with Crippen molar-refractivity contribution in [1.29, 1.82) is 0 Å². The van der Waals surface area contributed by atoms with E-state index in [1.54, 1.807) is 12.3 Å². The third-order valence-electron chi connectivity index (χ3n) is 2.70. The molecule has 21 heavy (non-hydrogen) atoms. The van der Waals surface area contributed by atoms with Gasteiger partial charge in [-0.3, -0.25) is 4.79 Å². The van der Waals surface area contributed by atoms with Gasteiger partial charge >= 0.3 is 0 Å². The van der Waals surface area contributed by atoms with Crippen LogP contribution in [0.3, 0.4) is 0 Å². The summed E-state index contributed by atoms with van der Waals surface area (Å²) in [4.78, 5) is 24.4. The van der Waals surface area contributed by atoms with Gasteiger partial charge in [0.2, 0.25) is 0 Å². The fraction of sp³-hybridized carbons (Fsp3) is 0.0769. The van der Waals surface area contributed by atoms with Crippen molar-refractivity contribution < 1.29 is 4.79 Å². The number of imidazole rings is 1. The summed E-state index contributed by atoms with van der Waals surface area (Å²) in [7, 11) is 0. The Labute approximate surface area is 134 Å². The van der Waals surface area contributed by atoms with E-state index in [2.05, 4.69) is 15.0 Å². The van der Waals surface area contributed by atoms with Gasteiger partial charge in [0.15, 0.2) is 12.1 Å². The van der Waals surface area contributed by atoms with Crippen molar-refractivity contribution in [2.24, 2.45) is 0 Å². The van der Waals surface area contributed by atoms with Crippen LogP contribution in [-0.4, -0.2) is 25.8 Å². The topological polar surface area (TPSA) is 60.7 Å². The third-order valence-corrected chi connectivity index (χ3v) is 4.12. The molecule has 0 radical (unpaired) electrons. The summed E-state index contributed by atoms with van der Waals surface area (Å²) < 4.78 is 2.48. The molecule has 0 bridgehead atoms. The van der Waals surface area contributed by atoms with Gasteiger partial charge in [0.25, 0.3) is 0 Å². The number of aldehydes is 1. The maximum absolute atomic E-state index is 11.0. The van der Waals surface area contributed by atoms with Gasteiger partial charge in [-0.2, -0.15) is 0 Å². The van der Waals surface area contributed by atoms with Crippen molar-refractivity contribution in [1.82, 2.24) is 19.5 Å². The number of rotatable bonds is 4. The summed E-state index contributed by atoms with van der Waals surface area (Å²) >= 11 is 13.1. The molecule has 3 rings (SSSR count). The first kappa shape index (κ1) is 14.2. The molecule has 0 N–H and O–H groups in total. The monoisotopic (exact) mass is 338 g/mol. The van der Waals surface area contributed by atoms with E-state index in [0.29, 0.717) is 39.5 Å². The predicted molar refractivity (Wildman–Crippen MR) is 82.1 cm³/mol. The Morgan fingerprint density at radius 1 is 1.24 bits per heavy atom. The molecule has 0 unspecified atom stereocenters. The lowest BCUT2D eigenvalue weighted by molar-refractivity contribution is 0.111. The Hall–Kier alpha value is -1.76. The van der Waals surface area contributed by atoms with Crippen LogP contribution >= 0.6 is 34.5 Å². The second kappa shape index (κ2) is 5.93. The zero-order chi connectivity index (χ0) is 14.8. The van der Waals surface area contributed by atoms with E-state index in [1.165, 1.54) is 23.7 Å². The average molecular weight is 339 g/mol. The summed E-state index contributed by atoms with van der Waals surface area (Å²) in [5, 5.41) is 0.475. The number of carbonyl (C=O) groups is 1. The lowest BCUT2D eigenvalue weighted by Crippen LogP contribution is -2.04. The first-order valence-corrected chi connectivity index (χ1v) is 7.47. The van der Waals surface area contributed by atoms with Crippen LogP contribution in [0.2, 0.25) is 9.36 Å². The summed E-state index contributed by atoms with van der Waals surface area (Å²) in [5.41, 5.74) is 0.350. The van der Waals surface area contributed by atoms with Gasteiger partial charge in [0.1, 0.15) is 11.5 Å². The molecule has 106 valence electrons. The number of aromatic nitrogens is 4. The zero-order valence-electron chi connectivity index (χ0n) is 10.5. The molecule has 0 spiro atoms. The van der Waals surface area contributed by atoms with E-state index in [9.17, 15) is 4.79 Å². The van der Waals surface area contributed by atoms with Crippen LogP contribution in [0.25, 0.3) is 10.7 Å².